The lowest BCUT2D eigenvalue weighted by atomic mass is 9.50. The zero-order valence-corrected chi connectivity index (χ0v) is 14.5. The normalized spacial score (nSPS) is 52.1. The Kier molecular flexibility index (Phi) is 3.77. The standard InChI is InChI=1S/C21H32O2/c1-3-10-21(23)12-9-19-18-6-4-14-13-15(22)5-7-16(14)17(18)8-11-20(19,21)2/h3,13,15-19,22-23H,1,4-12H2,2H3/t15-,16-,17+,18+,19-,20-,21-/m0/s1. The molecule has 0 unspecified atom stereocenters. The van der Waals surface area contributed by atoms with Crippen LogP contribution in [0.3, 0.4) is 0 Å². The van der Waals surface area contributed by atoms with E-state index in [1.807, 2.05) is 6.08 Å². The summed E-state index contributed by atoms with van der Waals surface area (Å²) >= 11 is 0. The maximum Gasteiger partial charge on any atom is 0.0738 e. The Morgan fingerprint density at radius 1 is 1.17 bits per heavy atom. The predicted octanol–water partition coefficient (Wildman–Crippen LogP) is 4.23. The van der Waals surface area contributed by atoms with Crippen molar-refractivity contribution >= 4 is 0 Å². The van der Waals surface area contributed by atoms with Gasteiger partial charge in [0.1, 0.15) is 0 Å². The van der Waals surface area contributed by atoms with E-state index < -0.39 is 5.60 Å². The fourth-order valence-corrected chi connectivity index (χ4v) is 7.00. The van der Waals surface area contributed by atoms with Crippen LogP contribution >= 0.6 is 0 Å². The van der Waals surface area contributed by atoms with Gasteiger partial charge < -0.3 is 10.2 Å². The molecule has 0 spiro atoms. The summed E-state index contributed by atoms with van der Waals surface area (Å²) in [5, 5.41) is 21.2. The van der Waals surface area contributed by atoms with Crippen LogP contribution in [0.15, 0.2) is 24.3 Å². The second kappa shape index (κ2) is 5.46. The molecule has 0 aromatic rings. The molecular formula is C21H32O2. The fraction of sp³-hybridized carbons (Fsp3) is 0.810. The first-order chi connectivity index (χ1) is 11.0. The molecule has 0 heterocycles. The van der Waals surface area contributed by atoms with Crippen molar-refractivity contribution in [1.82, 2.24) is 0 Å². The molecule has 2 nitrogen and oxygen atoms in total. The molecule has 3 saturated carbocycles. The quantitative estimate of drug-likeness (QED) is 0.749. The average molecular weight is 316 g/mol. The number of hydrogen-bond donors (Lipinski definition) is 2. The summed E-state index contributed by atoms with van der Waals surface area (Å²) < 4.78 is 0. The van der Waals surface area contributed by atoms with Crippen molar-refractivity contribution in [1.29, 1.82) is 0 Å². The minimum atomic E-state index is -0.525. The van der Waals surface area contributed by atoms with E-state index in [2.05, 4.69) is 19.6 Å². The maximum atomic E-state index is 11.3. The van der Waals surface area contributed by atoms with E-state index >= 15 is 0 Å². The molecule has 0 aromatic heterocycles. The van der Waals surface area contributed by atoms with E-state index in [0.717, 1.165) is 43.4 Å². The predicted molar refractivity (Wildman–Crippen MR) is 92.9 cm³/mol. The Bertz CT molecular complexity index is 524. The molecule has 2 heteroatoms. The molecule has 0 saturated heterocycles. The third-order valence-corrected chi connectivity index (χ3v) is 8.24. The number of allylic oxidation sites excluding steroid dienone is 1. The summed E-state index contributed by atoms with van der Waals surface area (Å²) in [6, 6.07) is 0. The first kappa shape index (κ1) is 15.9. The molecular weight excluding hydrogens is 284 g/mol. The van der Waals surface area contributed by atoms with Gasteiger partial charge in [-0.15, -0.1) is 6.58 Å². The van der Waals surface area contributed by atoms with Gasteiger partial charge in [0.15, 0.2) is 0 Å². The van der Waals surface area contributed by atoms with Crippen LogP contribution < -0.4 is 0 Å². The zero-order chi connectivity index (χ0) is 16.2. The smallest absolute Gasteiger partial charge is 0.0738 e. The van der Waals surface area contributed by atoms with E-state index in [-0.39, 0.29) is 11.5 Å². The lowest BCUT2D eigenvalue weighted by Crippen LogP contribution is -2.52. The molecule has 7 atom stereocenters. The van der Waals surface area contributed by atoms with Crippen molar-refractivity contribution in [2.24, 2.45) is 29.1 Å². The van der Waals surface area contributed by atoms with Gasteiger partial charge in [-0.25, -0.2) is 0 Å². The summed E-state index contributed by atoms with van der Waals surface area (Å²) in [6.45, 7) is 6.25. The second-order valence-corrected chi connectivity index (χ2v) is 8.98. The number of aliphatic hydroxyl groups excluding tert-OH is 1. The van der Waals surface area contributed by atoms with Crippen LogP contribution in [-0.2, 0) is 0 Å². The van der Waals surface area contributed by atoms with Gasteiger partial charge in [-0.05, 0) is 86.9 Å². The maximum absolute atomic E-state index is 11.3. The molecule has 128 valence electrons. The van der Waals surface area contributed by atoms with E-state index in [0.29, 0.717) is 5.92 Å². The Hall–Kier alpha value is -0.600. The lowest BCUT2D eigenvalue weighted by molar-refractivity contribution is -0.116. The number of fused-ring (bicyclic) bond motifs is 5. The van der Waals surface area contributed by atoms with Crippen LogP contribution in [0.2, 0.25) is 0 Å². The molecule has 2 N–H and O–H groups in total. The summed E-state index contributed by atoms with van der Waals surface area (Å²) in [5.74, 6) is 2.98. The average Bonchev–Trinajstić information content (AvgIpc) is 2.79. The summed E-state index contributed by atoms with van der Waals surface area (Å²) in [7, 11) is 0. The molecule has 4 aliphatic rings. The highest BCUT2D eigenvalue weighted by Crippen LogP contribution is 2.65. The summed E-state index contributed by atoms with van der Waals surface area (Å²) in [5.41, 5.74) is 1.11. The topological polar surface area (TPSA) is 40.5 Å². The highest BCUT2D eigenvalue weighted by atomic mass is 16.3. The first-order valence-electron chi connectivity index (χ1n) is 9.70. The Balaban J connectivity index is 1.61. The highest BCUT2D eigenvalue weighted by molar-refractivity contribution is 5.21. The van der Waals surface area contributed by atoms with E-state index in [1.165, 1.54) is 32.1 Å². The molecule has 0 bridgehead atoms. The van der Waals surface area contributed by atoms with Gasteiger partial charge in [0.25, 0.3) is 0 Å². The Morgan fingerprint density at radius 3 is 2.78 bits per heavy atom. The van der Waals surface area contributed by atoms with Crippen LogP contribution in [0.25, 0.3) is 0 Å². The number of rotatable bonds is 2. The third-order valence-electron chi connectivity index (χ3n) is 8.24. The van der Waals surface area contributed by atoms with E-state index in [1.54, 1.807) is 5.57 Å². The number of hydrogen-bond acceptors (Lipinski definition) is 2. The van der Waals surface area contributed by atoms with Crippen LogP contribution in [0.4, 0.5) is 0 Å². The van der Waals surface area contributed by atoms with Gasteiger partial charge in [-0.1, -0.05) is 24.6 Å². The molecule has 0 aromatic carbocycles. The first-order valence-corrected chi connectivity index (χ1v) is 9.70. The second-order valence-electron chi connectivity index (χ2n) is 8.98. The minimum Gasteiger partial charge on any atom is -0.389 e. The van der Waals surface area contributed by atoms with Gasteiger partial charge in [0.05, 0.1) is 11.7 Å². The molecule has 4 rings (SSSR count). The zero-order valence-electron chi connectivity index (χ0n) is 14.5. The van der Waals surface area contributed by atoms with Crippen molar-refractivity contribution in [2.45, 2.75) is 76.4 Å². The third kappa shape index (κ3) is 2.21. The van der Waals surface area contributed by atoms with Crippen molar-refractivity contribution in [2.75, 3.05) is 0 Å². The van der Waals surface area contributed by atoms with Gasteiger partial charge in [0.2, 0.25) is 0 Å². The molecule has 0 amide bonds. The van der Waals surface area contributed by atoms with E-state index in [9.17, 15) is 10.2 Å². The Labute approximate surface area is 140 Å². The minimum absolute atomic E-state index is 0.0811. The largest absolute Gasteiger partial charge is 0.389 e. The summed E-state index contributed by atoms with van der Waals surface area (Å²) in [6.07, 6.45) is 13.8. The number of aliphatic hydroxyl groups is 2. The monoisotopic (exact) mass is 316 g/mol. The van der Waals surface area contributed by atoms with Crippen LogP contribution in [0, 0.1) is 29.1 Å². The fourth-order valence-electron chi connectivity index (χ4n) is 7.00. The molecule has 23 heavy (non-hydrogen) atoms. The molecule has 0 radical (unpaired) electrons. The van der Waals surface area contributed by atoms with Crippen LogP contribution in [0.5, 0.6) is 0 Å². The van der Waals surface area contributed by atoms with Crippen molar-refractivity contribution in [3.8, 4) is 0 Å². The van der Waals surface area contributed by atoms with Crippen LogP contribution in [-0.4, -0.2) is 21.9 Å². The molecule has 3 fully saturated rings. The van der Waals surface area contributed by atoms with Gasteiger partial charge in [-0.3, -0.25) is 0 Å². The highest BCUT2D eigenvalue weighted by Gasteiger charge is 2.61. The summed E-state index contributed by atoms with van der Waals surface area (Å²) in [4.78, 5) is 0. The SMILES string of the molecule is C=CC[C@]1(O)CC[C@H]2[C@@H]3CCC4=C[C@@H](O)CC[C@@H]4[C@H]3CC[C@@]21C. The van der Waals surface area contributed by atoms with E-state index in [4.69, 9.17) is 0 Å². The Morgan fingerprint density at radius 2 is 2.00 bits per heavy atom. The van der Waals surface area contributed by atoms with Gasteiger partial charge in [-0.2, -0.15) is 0 Å². The van der Waals surface area contributed by atoms with Crippen LogP contribution in [0.1, 0.15) is 64.7 Å². The van der Waals surface area contributed by atoms with Gasteiger partial charge >= 0.3 is 0 Å². The van der Waals surface area contributed by atoms with Crippen molar-refractivity contribution < 1.29 is 10.2 Å². The van der Waals surface area contributed by atoms with Crippen molar-refractivity contribution in [3.05, 3.63) is 24.3 Å². The molecule has 0 aliphatic heterocycles. The molecule has 4 aliphatic carbocycles. The lowest BCUT2D eigenvalue weighted by Gasteiger charge is -2.56. The van der Waals surface area contributed by atoms with Crippen molar-refractivity contribution in [3.63, 3.8) is 0 Å². The van der Waals surface area contributed by atoms with Gasteiger partial charge in [0, 0.05) is 0 Å².